The Balaban J connectivity index is 1.42. The highest BCUT2D eigenvalue weighted by molar-refractivity contribution is 5.94. The molecule has 3 rings (SSSR count). The summed E-state index contributed by atoms with van der Waals surface area (Å²) in [5.74, 6) is 0.0222. The van der Waals surface area contributed by atoms with Crippen molar-refractivity contribution >= 4 is 5.91 Å². The first-order valence-electron chi connectivity index (χ1n) is 10.8. The summed E-state index contributed by atoms with van der Waals surface area (Å²) in [7, 11) is 3.87. The van der Waals surface area contributed by atoms with Gasteiger partial charge in [-0.15, -0.1) is 0 Å². The van der Waals surface area contributed by atoms with Crippen molar-refractivity contribution in [1.82, 2.24) is 20.4 Å². The molecule has 0 saturated carbocycles. The molecule has 2 aliphatic rings. The molecule has 0 spiro atoms. The van der Waals surface area contributed by atoms with Crippen LogP contribution in [0, 0.1) is 0 Å². The molecule has 1 aromatic rings. The van der Waals surface area contributed by atoms with E-state index in [1.807, 2.05) is 57.4 Å². The molecule has 0 aromatic heterocycles. The van der Waals surface area contributed by atoms with E-state index in [9.17, 15) is 9.90 Å². The largest absolute Gasteiger partial charge is 0.387 e. The number of rotatable bonds is 9. The summed E-state index contributed by atoms with van der Waals surface area (Å²) < 4.78 is 0. The van der Waals surface area contributed by atoms with E-state index in [4.69, 9.17) is 0 Å². The molecule has 1 unspecified atom stereocenters. The third-order valence-corrected chi connectivity index (χ3v) is 5.55. The van der Waals surface area contributed by atoms with Gasteiger partial charge in [0.1, 0.15) is 0 Å². The maximum Gasteiger partial charge on any atom is 0.253 e. The number of hydrogen-bond donors (Lipinski definition) is 3. The molecule has 2 heterocycles. The second-order valence-corrected chi connectivity index (χ2v) is 8.32. The van der Waals surface area contributed by atoms with Crippen molar-refractivity contribution in [3.63, 3.8) is 0 Å². The number of nitrogens with zero attached hydrogens (tertiary/aromatic N) is 2. The molecule has 31 heavy (non-hydrogen) atoms. The molecule has 1 aromatic carbocycles. The normalized spacial score (nSPS) is 16.8. The van der Waals surface area contributed by atoms with E-state index in [1.54, 1.807) is 4.90 Å². The molecular weight excluding hydrogens is 388 g/mol. The van der Waals surface area contributed by atoms with E-state index < -0.39 is 6.10 Å². The van der Waals surface area contributed by atoms with Crippen LogP contribution in [0.15, 0.2) is 71.6 Å². The number of dihydropyridines is 1. The van der Waals surface area contributed by atoms with E-state index in [0.29, 0.717) is 25.2 Å². The molecule has 0 bridgehead atoms. The van der Waals surface area contributed by atoms with Crippen LogP contribution in [0.1, 0.15) is 22.8 Å². The first kappa shape index (κ1) is 22.8. The van der Waals surface area contributed by atoms with Gasteiger partial charge in [-0.1, -0.05) is 30.4 Å². The van der Waals surface area contributed by atoms with Crippen molar-refractivity contribution in [1.29, 1.82) is 0 Å². The monoisotopic (exact) mass is 422 g/mol. The average molecular weight is 423 g/mol. The standard InChI is InChI=1S/C25H34N4O2/c1-19-6-9-23(15-27-19)24(30)16-26-13-12-20-7-10-22(11-8-20)25(31)29(3)18-21-5-4-14-28(2)17-21/h4-11,17,24,26-27,30H,12-16,18H2,1-3H3. The Morgan fingerprint density at radius 3 is 2.74 bits per heavy atom. The molecule has 3 N–H and O–H groups in total. The molecule has 0 fully saturated rings. The number of carbonyl (C=O) groups excluding carboxylic acids is 1. The summed E-state index contributed by atoms with van der Waals surface area (Å²) in [4.78, 5) is 16.6. The number of aliphatic hydroxyl groups is 1. The molecule has 6 nitrogen and oxygen atoms in total. The van der Waals surface area contributed by atoms with E-state index >= 15 is 0 Å². The van der Waals surface area contributed by atoms with Gasteiger partial charge in [-0.05, 0) is 54.8 Å². The van der Waals surface area contributed by atoms with Crippen molar-refractivity contribution in [3.8, 4) is 0 Å². The zero-order valence-corrected chi connectivity index (χ0v) is 18.8. The van der Waals surface area contributed by atoms with Gasteiger partial charge in [-0.2, -0.15) is 0 Å². The van der Waals surface area contributed by atoms with Gasteiger partial charge < -0.3 is 25.5 Å². The summed E-state index contributed by atoms with van der Waals surface area (Å²) in [5, 5.41) is 16.8. The van der Waals surface area contributed by atoms with Crippen LogP contribution in [0.4, 0.5) is 0 Å². The summed E-state index contributed by atoms with van der Waals surface area (Å²) in [6, 6.07) is 7.81. The average Bonchev–Trinajstić information content (AvgIpc) is 2.77. The van der Waals surface area contributed by atoms with Crippen molar-refractivity contribution in [2.75, 3.05) is 46.8 Å². The quantitative estimate of drug-likeness (QED) is 0.532. The molecule has 0 radical (unpaired) electrons. The van der Waals surface area contributed by atoms with Gasteiger partial charge in [0.05, 0.1) is 6.10 Å². The van der Waals surface area contributed by atoms with Crippen LogP contribution >= 0.6 is 0 Å². The van der Waals surface area contributed by atoms with Crippen LogP contribution in [0.2, 0.25) is 0 Å². The molecule has 166 valence electrons. The van der Waals surface area contributed by atoms with Gasteiger partial charge in [0.25, 0.3) is 5.91 Å². The van der Waals surface area contributed by atoms with Gasteiger partial charge in [0, 0.05) is 57.7 Å². The van der Waals surface area contributed by atoms with Crippen molar-refractivity contribution in [3.05, 3.63) is 82.7 Å². The number of hydrogen-bond acceptors (Lipinski definition) is 5. The summed E-state index contributed by atoms with van der Waals surface area (Å²) in [5.41, 5.74) is 5.10. The molecule has 6 heteroatoms. The predicted octanol–water partition coefficient (Wildman–Crippen LogP) is 2.07. The van der Waals surface area contributed by atoms with Gasteiger partial charge in [-0.25, -0.2) is 0 Å². The maximum atomic E-state index is 12.7. The summed E-state index contributed by atoms with van der Waals surface area (Å²) >= 11 is 0. The molecule has 1 amide bonds. The predicted molar refractivity (Wildman–Crippen MR) is 126 cm³/mol. The van der Waals surface area contributed by atoms with E-state index in [-0.39, 0.29) is 5.91 Å². The Hall–Kier alpha value is -2.83. The van der Waals surface area contributed by atoms with Crippen LogP contribution in [-0.4, -0.2) is 73.7 Å². The van der Waals surface area contributed by atoms with Crippen LogP contribution in [-0.2, 0) is 6.42 Å². The van der Waals surface area contributed by atoms with Crippen molar-refractivity contribution in [2.45, 2.75) is 19.4 Å². The highest BCUT2D eigenvalue weighted by Gasteiger charge is 2.14. The molecule has 0 aliphatic carbocycles. The number of benzene rings is 1. The van der Waals surface area contributed by atoms with Crippen molar-refractivity contribution in [2.24, 2.45) is 0 Å². The third-order valence-electron chi connectivity index (χ3n) is 5.55. The minimum absolute atomic E-state index is 0.0222. The second kappa shape index (κ2) is 11.0. The Morgan fingerprint density at radius 2 is 2.06 bits per heavy atom. The van der Waals surface area contributed by atoms with E-state index in [1.165, 1.54) is 0 Å². The lowest BCUT2D eigenvalue weighted by Crippen LogP contribution is -2.34. The first-order chi connectivity index (χ1) is 14.9. The molecular formula is C25H34N4O2. The van der Waals surface area contributed by atoms with Gasteiger partial charge in [0.15, 0.2) is 0 Å². The zero-order valence-electron chi connectivity index (χ0n) is 18.8. The van der Waals surface area contributed by atoms with Crippen LogP contribution < -0.4 is 10.6 Å². The highest BCUT2D eigenvalue weighted by Crippen LogP contribution is 2.12. The zero-order chi connectivity index (χ0) is 22.2. The summed E-state index contributed by atoms with van der Waals surface area (Å²) in [6.45, 7) is 5.51. The Morgan fingerprint density at radius 1 is 1.29 bits per heavy atom. The molecule has 0 saturated heterocycles. The second-order valence-electron chi connectivity index (χ2n) is 8.32. The van der Waals surface area contributed by atoms with Crippen LogP contribution in [0.5, 0.6) is 0 Å². The summed E-state index contributed by atoms with van der Waals surface area (Å²) in [6.07, 6.45) is 10.6. The number of likely N-dealkylation sites (N-methyl/N-ethyl adjacent to an activating group) is 2. The third kappa shape index (κ3) is 6.84. The molecule has 2 aliphatic heterocycles. The van der Waals surface area contributed by atoms with Crippen LogP contribution in [0.3, 0.4) is 0 Å². The fourth-order valence-corrected chi connectivity index (χ4v) is 3.65. The topological polar surface area (TPSA) is 67.8 Å². The minimum atomic E-state index is -0.485. The van der Waals surface area contributed by atoms with Gasteiger partial charge in [0.2, 0.25) is 0 Å². The Labute approximate surface area is 185 Å². The number of amides is 1. The van der Waals surface area contributed by atoms with Gasteiger partial charge >= 0.3 is 0 Å². The van der Waals surface area contributed by atoms with E-state index in [0.717, 1.165) is 41.9 Å². The number of aliphatic hydroxyl groups excluding tert-OH is 1. The van der Waals surface area contributed by atoms with Gasteiger partial charge in [-0.3, -0.25) is 4.79 Å². The fraction of sp³-hybridized carbons (Fsp3) is 0.400. The fourth-order valence-electron chi connectivity index (χ4n) is 3.65. The highest BCUT2D eigenvalue weighted by atomic mass is 16.3. The lowest BCUT2D eigenvalue weighted by Gasteiger charge is -2.22. The Kier molecular flexibility index (Phi) is 8.09. The molecule has 1 atom stereocenters. The number of nitrogens with one attached hydrogen (secondary N) is 2. The number of carbonyl (C=O) groups is 1. The maximum absolute atomic E-state index is 12.7. The van der Waals surface area contributed by atoms with Crippen molar-refractivity contribution < 1.29 is 9.90 Å². The SMILES string of the molecule is CC1=CC=C(C(O)CNCCc2ccc(C(=O)N(C)CC3=CN(C)CC=C3)cc2)CN1. The lowest BCUT2D eigenvalue weighted by atomic mass is 10.1. The minimum Gasteiger partial charge on any atom is -0.387 e. The smallest absolute Gasteiger partial charge is 0.253 e. The first-order valence-corrected chi connectivity index (χ1v) is 10.8. The lowest BCUT2D eigenvalue weighted by molar-refractivity contribution is 0.0807. The van der Waals surface area contributed by atoms with E-state index in [2.05, 4.69) is 33.9 Å². The number of allylic oxidation sites excluding steroid dienone is 3. The van der Waals surface area contributed by atoms with Crippen LogP contribution in [0.25, 0.3) is 0 Å². The Bertz CT molecular complexity index is 883.